The minimum atomic E-state index is -0.282. The Labute approximate surface area is 110 Å². The Morgan fingerprint density at radius 2 is 1.84 bits per heavy atom. The first-order valence-corrected chi connectivity index (χ1v) is 5.65. The molecule has 2 amide bonds. The summed E-state index contributed by atoms with van der Waals surface area (Å²) < 4.78 is 0. The first-order chi connectivity index (χ1) is 9.08. The van der Waals surface area contributed by atoms with Crippen molar-refractivity contribution in [3.05, 3.63) is 35.4 Å². The molecule has 0 heterocycles. The van der Waals surface area contributed by atoms with Crippen molar-refractivity contribution >= 4 is 17.6 Å². The summed E-state index contributed by atoms with van der Waals surface area (Å²) >= 11 is 0. The molecular formula is C12H16N4O3. The van der Waals surface area contributed by atoms with Crippen LogP contribution in [0.15, 0.2) is 29.4 Å². The zero-order valence-electron chi connectivity index (χ0n) is 10.5. The van der Waals surface area contributed by atoms with Gasteiger partial charge in [0.1, 0.15) is 0 Å². The molecule has 0 spiro atoms. The summed E-state index contributed by atoms with van der Waals surface area (Å²) in [5.41, 5.74) is 6.36. The predicted molar refractivity (Wildman–Crippen MR) is 70.0 cm³/mol. The third kappa shape index (κ3) is 4.30. The lowest BCUT2D eigenvalue weighted by molar-refractivity contribution is -0.120. The second-order valence-corrected chi connectivity index (χ2v) is 3.74. The molecule has 0 radical (unpaired) electrons. The van der Waals surface area contributed by atoms with Crippen molar-refractivity contribution in [2.75, 3.05) is 13.6 Å². The highest BCUT2D eigenvalue weighted by atomic mass is 16.4. The maximum Gasteiger partial charge on any atom is 0.251 e. The Balaban J connectivity index is 2.56. The second-order valence-electron chi connectivity index (χ2n) is 3.74. The van der Waals surface area contributed by atoms with Crippen molar-refractivity contribution in [3.8, 4) is 0 Å². The number of hydrogen-bond donors (Lipinski definition) is 4. The standard InChI is InChI=1S/C12H16N4O3/c1-14-10(17)6-7-15-12(18)9-4-2-8(3-5-9)11(13)16-19/h2-5,19H,6-7H2,1H3,(H2,13,16)(H,14,17)(H,15,18). The van der Waals surface area contributed by atoms with Crippen LogP contribution in [0.3, 0.4) is 0 Å². The topological polar surface area (TPSA) is 117 Å². The van der Waals surface area contributed by atoms with Gasteiger partial charge in [0.05, 0.1) is 0 Å². The average Bonchev–Trinajstić information content (AvgIpc) is 2.46. The van der Waals surface area contributed by atoms with Gasteiger partial charge in [-0.05, 0) is 12.1 Å². The number of nitrogens with one attached hydrogen (secondary N) is 2. The lowest BCUT2D eigenvalue weighted by Gasteiger charge is -2.05. The molecule has 0 bridgehead atoms. The summed E-state index contributed by atoms with van der Waals surface area (Å²) in [5, 5.41) is 16.4. The summed E-state index contributed by atoms with van der Waals surface area (Å²) in [6, 6.07) is 6.26. The average molecular weight is 264 g/mol. The highest BCUT2D eigenvalue weighted by Crippen LogP contribution is 2.04. The summed E-state index contributed by atoms with van der Waals surface area (Å²) in [7, 11) is 1.54. The number of benzene rings is 1. The molecule has 19 heavy (non-hydrogen) atoms. The maximum atomic E-state index is 11.7. The highest BCUT2D eigenvalue weighted by Gasteiger charge is 2.07. The Hall–Kier alpha value is -2.57. The van der Waals surface area contributed by atoms with Crippen LogP contribution in [0, 0.1) is 0 Å². The van der Waals surface area contributed by atoms with E-state index in [0.29, 0.717) is 11.1 Å². The van der Waals surface area contributed by atoms with E-state index in [0.717, 1.165) is 0 Å². The fraction of sp³-hybridized carbons (Fsp3) is 0.250. The smallest absolute Gasteiger partial charge is 0.251 e. The molecule has 7 heteroatoms. The van der Waals surface area contributed by atoms with Gasteiger partial charge in [0.25, 0.3) is 5.91 Å². The number of carbonyl (C=O) groups excluding carboxylic acids is 2. The molecule has 1 aromatic carbocycles. The van der Waals surface area contributed by atoms with Crippen LogP contribution < -0.4 is 16.4 Å². The molecule has 0 atom stereocenters. The molecule has 0 aliphatic carbocycles. The Kier molecular flexibility index (Phi) is 5.34. The van der Waals surface area contributed by atoms with Crippen LogP contribution in [-0.4, -0.2) is 36.4 Å². The van der Waals surface area contributed by atoms with E-state index >= 15 is 0 Å². The Morgan fingerprint density at radius 3 is 2.37 bits per heavy atom. The zero-order chi connectivity index (χ0) is 14.3. The number of hydrogen-bond acceptors (Lipinski definition) is 4. The molecule has 0 unspecified atom stereocenters. The van der Waals surface area contributed by atoms with Gasteiger partial charge in [0, 0.05) is 31.1 Å². The van der Waals surface area contributed by atoms with Crippen LogP contribution in [0.25, 0.3) is 0 Å². The maximum absolute atomic E-state index is 11.7. The SMILES string of the molecule is CNC(=O)CCNC(=O)c1ccc(C(N)=NO)cc1. The number of nitrogens with two attached hydrogens (primary N) is 1. The number of rotatable bonds is 5. The molecule has 0 saturated heterocycles. The molecule has 0 aromatic heterocycles. The minimum absolute atomic E-state index is 0.0217. The van der Waals surface area contributed by atoms with Gasteiger partial charge in [-0.25, -0.2) is 0 Å². The number of amidine groups is 1. The number of nitrogens with zero attached hydrogens (tertiary/aromatic N) is 1. The largest absolute Gasteiger partial charge is 0.409 e. The molecule has 0 fully saturated rings. The van der Waals surface area contributed by atoms with Crippen molar-refractivity contribution in [2.24, 2.45) is 10.9 Å². The van der Waals surface area contributed by atoms with E-state index in [1.165, 1.54) is 7.05 Å². The summed E-state index contributed by atoms with van der Waals surface area (Å²) in [5.74, 6) is -0.441. The van der Waals surface area contributed by atoms with Crippen LogP contribution in [0.5, 0.6) is 0 Å². The van der Waals surface area contributed by atoms with E-state index in [2.05, 4.69) is 15.8 Å². The predicted octanol–water partition coefficient (Wildman–Crippen LogP) is -0.353. The van der Waals surface area contributed by atoms with E-state index in [4.69, 9.17) is 10.9 Å². The first-order valence-electron chi connectivity index (χ1n) is 5.65. The third-order valence-corrected chi connectivity index (χ3v) is 2.47. The molecule has 0 aliphatic heterocycles. The molecule has 102 valence electrons. The molecular weight excluding hydrogens is 248 g/mol. The van der Waals surface area contributed by atoms with Gasteiger partial charge in [-0.2, -0.15) is 0 Å². The van der Waals surface area contributed by atoms with Crippen molar-refractivity contribution in [2.45, 2.75) is 6.42 Å². The summed E-state index contributed by atoms with van der Waals surface area (Å²) in [6.45, 7) is 0.264. The van der Waals surface area contributed by atoms with Crippen molar-refractivity contribution in [3.63, 3.8) is 0 Å². The summed E-state index contributed by atoms with van der Waals surface area (Å²) in [4.78, 5) is 22.7. The second kappa shape index (κ2) is 7.00. The van der Waals surface area contributed by atoms with E-state index in [1.54, 1.807) is 24.3 Å². The summed E-state index contributed by atoms with van der Waals surface area (Å²) in [6.07, 6.45) is 0.227. The van der Waals surface area contributed by atoms with Crippen LogP contribution in [0.2, 0.25) is 0 Å². The fourth-order valence-electron chi connectivity index (χ4n) is 1.37. The van der Waals surface area contributed by atoms with Gasteiger partial charge < -0.3 is 21.6 Å². The third-order valence-electron chi connectivity index (χ3n) is 2.47. The van der Waals surface area contributed by atoms with E-state index in [9.17, 15) is 9.59 Å². The molecule has 7 nitrogen and oxygen atoms in total. The number of oxime groups is 1. The number of amides is 2. The first kappa shape index (κ1) is 14.5. The molecule has 1 rings (SSSR count). The lowest BCUT2D eigenvalue weighted by atomic mass is 10.1. The van der Waals surface area contributed by atoms with Crippen molar-refractivity contribution in [1.29, 1.82) is 0 Å². The Morgan fingerprint density at radius 1 is 1.26 bits per heavy atom. The van der Waals surface area contributed by atoms with Crippen molar-refractivity contribution in [1.82, 2.24) is 10.6 Å². The van der Waals surface area contributed by atoms with Crippen LogP contribution in [-0.2, 0) is 4.79 Å². The van der Waals surface area contributed by atoms with Gasteiger partial charge in [0.15, 0.2) is 5.84 Å². The van der Waals surface area contributed by atoms with Gasteiger partial charge in [-0.1, -0.05) is 17.3 Å². The van der Waals surface area contributed by atoms with Gasteiger partial charge in [-0.15, -0.1) is 0 Å². The minimum Gasteiger partial charge on any atom is -0.409 e. The van der Waals surface area contributed by atoms with Gasteiger partial charge in [-0.3, -0.25) is 9.59 Å². The van der Waals surface area contributed by atoms with E-state index in [1.807, 2.05) is 0 Å². The van der Waals surface area contributed by atoms with Crippen LogP contribution in [0.1, 0.15) is 22.3 Å². The zero-order valence-corrected chi connectivity index (χ0v) is 10.5. The van der Waals surface area contributed by atoms with Crippen LogP contribution >= 0.6 is 0 Å². The highest BCUT2D eigenvalue weighted by molar-refractivity contribution is 5.99. The van der Waals surface area contributed by atoms with Gasteiger partial charge in [0.2, 0.25) is 5.91 Å². The van der Waals surface area contributed by atoms with E-state index < -0.39 is 0 Å². The van der Waals surface area contributed by atoms with E-state index in [-0.39, 0.29) is 30.6 Å². The fourth-order valence-corrected chi connectivity index (χ4v) is 1.37. The van der Waals surface area contributed by atoms with Crippen molar-refractivity contribution < 1.29 is 14.8 Å². The molecule has 0 saturated carbocycles. The quantitative estimate of drug-likeness (QED) is 0.251. The normalized spacial score (nSPS) is 10.9. The monoisotopic (exact) mass is 264 g/mol. The molecule has 0 aliphatic rings. The number of carbonyl (C=O) groups is 2. The molecule has 5 N–H and O–H groups in total. The Bertz CT molecular complexity index is 482. The lowest BCUT2D eigenvalue weighted by Crippen LogP contribution is -2.29. The molecule has 1 aromatic rings. The van der Waals surface area contributed by atoms with Gasteiger partial charge >= 0.3 is 0 Å². The van der Waals surface area contributed by atoms with Crippen LogP contribution in [0.4, 0.5) is 0 Å².